The van der Waals surface area contributed by atoms with E-state index in [2.05, 4.69) is 9.64 Å². The fraction of sp³-hybridized carbons (Fsp3) is 0.538. The summed E-state index contributed by atoms with van der Waals surface area (Å²) < 4.78 is 73.8. The molecule has 4 nitrogen and oxygen atoms in total. The fourth-order valence-corrected chi connectivity index (χ4v) is 4.99. The van der Waals surface area contributed by atoms with Crippen LogP contribution in [0.15, 0.2) is 48.5 Å². The number of nitrogens with two attached hydrogens (primary N) is 1. The zero-order chi connectivity index (χ0) is 25.5. The first kappa shape index (κ1) is 27.2. The third-order valence-electron chi connectivity index (χ3n) is 6.68. The Morgan fingerprint density at radius 1 is 1.14 bits per heavy atom. The molecule has 2 N–H and O–H groups in total. The highest BCUT2D eigenvalue weighted by molar-refractivity contribution is 5.41. The average molecular weight is 501 g/mol. The maximum Gasteiger partial charge on any atom is 0.573 e. The number of rotatable bonds is 11. The van der Waals surface area contributed by atoms with Gasteiger partial charge in [-0.3, -0.25) is 4.90 Å². The molecule has 0 spiro atoms. The third kappa shape index (κ3) is 7.07. The largest absolute Gasteiger partial charge is 0.573 e. The molecule has 0 aliphatic carbocycles. The number of unbranched alkanes of at least 4 members (excludes halogenated alkanes) is 1. The Hall–Kier alpha value is -2.39. The van der Waals surface area contributed by atoms with Crippen molar-refractivity contribution in [3.63, 3.8) is 0 Å². The van der Waals surface area contributed by atoms with Gasteiger partial charge < -0.3 is 15.2 Å². The third-order valence-corrected chi connectivity index (χ3v) is 6.68. The molecule has 1 saturated heterocycles. The predicted octanol–water partition coefficient (Wildman–Crippen LogP) is 6.14. The maximum atomic E-state index is 13.3. The molecule has 0 saturated carbocycles. The van der Waals surface area contributed by atoms with Crippen molar-refractivity contribution in [1.29, 1.82) is 0 Å². The van der Waals surface area contributed by atoms with Crippen LogP contribution in [0.5, 0.6) is 11.5 Å². The van der Waals surface area contributed by atoms with E-state index in [0.29, 0.717) is 37.1 Å². The van der Waals surface area contributed by atoms with Crippen LogP contribution in [-0.4, -0.2) is 44.3 Å². The summed E-state index contributed by atoms with van der Waals surface area (Å²) in [5, 5.41) is 0. The van der Waals surface area contributed by atoms with Crippen molar-refractivity contribution in [2.45, 2.75) is 56.7 Å². The Morgan fingerprint density at radius 2 is 1.89 bits per heavy atom. The Kier molecular flexibility index (Phi) is 9.35. The van der Waals surface area contributed by atoms with Gasteiger partial charge in [-0.1, -0.05) is 30.3 Å². The SMILES string of the molecule is COc1ccc(OC(F)(F)F)cc1CC1CCCN(CCCCC(F)CF)C1(N)c1ccccc1. The number of methoxy groups -OCH3 is 1. The molecular weight excluding hydrogens is 467 g/mol. The first-order valence-corrected chi connectivity index (χ1v) is 11.9. The summed E-state index contributed by atoms with van der Waals surface area (Å²) in [6.07, 6.45) is -2.86. The number of likely N-dealkylation sites (tertiary alicyclic amines) is 1. The minimum atomic E-state index is -4.80. The van der Waals surface area contributed by atoms with Crippen LogP contribution >= 0.6 is 0 Å². The van der Waals surface area contributed by atoms with Gasteiger partial charge in [-0.2, -0.15) is 0 Å². The van der Waals surface area contributed by atoms with Crippen LogP contribution in [0, 0.1) is 5.92 Å². The zero-order valence-electron chi connectivity index (χ0n) is 19.9. The van der Waals surface area contributed by atoms with Crippen LogP contribution in [0.25, 0.3) is 0 Å². The molecule has 35 heavy (non-hydrogen) atoms. The Morgan fingerprint density at radius 3 is 2.54 bits per heavy atom. The van der Waals surface area contributed by atoms with Gasteiger partial charge in [-0.05, 0) is 73.8 Å². The lowest BCUT2D eigenvalue weighted by molar-refractivity contribution is -0.274. The van der Waals surface area contributed by atoms with Crippen LogP contribution in [0.2, 0.25) is 0 Å². The number of hydrogen-bond donors (Lipinski definition) is 1. The zero-order valence-corrected chi connectivity index (χ0v) is 19.9. The number of alkyl halides is 5. The van der Waals surface area contributed by atoms with Gasteiger partial charge in [0, 0.05) is 13.1 Å². The number of piperidine rings is 1. The molecular formula is C26H33F5N2O2. The van der Waals surface area contributed by atoms with Gasteiger partial charge in [0.1, 0.15) is 24.3 Å². The first-order valence-electron chi connectivity index (χ1n) is 11.9. The molecule has 0 radical (unpaired) electrons. The quantitative estimate of drug-likeness (QED) is 0.298. The van der Waals surface area contributed by atoms with Gasteiger partial charge >= 0.3 is 6.36 Å². The van der Waals surface area contributed by atoms with Crippen LogP contribution in [0.1, 0.15) is 43.2 Å². The normalized spacial score (nSPS) is 22.1. The van der Waals surface area contributed by atoms with Crippen molar-refractivity contribution in [1.82, 2.24) is 4.90 Å². The summed E-state index contributed by atoms with van der Waals surface area (Å²) in [5.74, 6) is 0.0256. The molecule has 194 valence electrons. The van der Waals surface area contributed by atoms with E-state index >= 15 is 0 Å². The number of halogens is 5. The van der Waals surface area contributed by atoms with E-state index in [1.165, 1.54) is 25.3 Å². The van der Waals surface area contributed by atoms with E-state index < -0.39 is 24.9 Å². The summed E-state index contributed by atoms with van der Waals surface area (Å²) in [6, 6.07) is 13.7. The molecule has 3 rings (SSSR count). The standard InChI is InChI=1S/C26H33F5N2O2/c1-34-24-13-12-23(35-26(29,30)31)17-19(24)16-21-10-7-15-33(14-6-5-11-22(28)18-27)25(21,32)20-8-3-2-4-9-20/h2-4,8-9,12-13,17,21-22H,5-7,10-11,14-16,18,32H2,1H3. The van der Waals surface area contributed by atoms with Crippen LogP contribution in [-0.2, 0) is 12.1 Å². The highest BCUT2D eigenvalue weighted by Gasteiger charge is 2.44. The Labute approximate surface area is 203 Å². The van der Waals surface area contributed by atoms with E-state index in [1.54, 1.807) is 0 Å². The summed E-state index contributed by atoms with van der Waals surface area (Å²) >= 11 is 0. The smallest absolute Gasteiger partial charge is 0.496 e. The van der Waals surface area contributed by atoms with Gasteiger partial charge in [-0.25, -0.2) is 8.78 Å². The second-order valence-corrected chi connectivity index (χ2v) is 8.99. The van der Waals surface area contributed by atoms with Crippen molar-refractivity contribution in [2.75, 3.05) is 26.9 Å². The van der Waals surface area contributed by atoms with E-state index in [9.17, 15) is 22.0 Å². The van der Waals surface area contributed by atoms with E-state index in [-0.39, 0.29) is 18.1 Å². The minimum Gasteiger partial charge on any atom is -0.496 e. The molecule has 1 aliphatic rings. The molecule has 2 aromatic carbocycles. The monoisotopic (exact) mass is 500 g/mol. The van der Waals surface area contributed by atoms with Crippen molar-refractivity contribution in [2.24, 2.45) is 11.7 Å². The second kappa shape index (κ2) is 12.0. The average Bonchev–Trinajstić information content (AvgIpc) is 2.83. The lowest BCUT2D eigenvalue weighted by Crippen LogP contribution is -2.61. The molecule has 0 bridgehead atoms. The predicted molar refractivity (Wildman–Crippen MR) is 125 cm³/mol. The molecule has 1 heterocycles. The number of hydrogen-bond acceptors (Lipinski definition) is 4. The van der Waals surface area contributed by atoms with Crippen molar-refractivity contribution in [3.8, 4) is 11.5 Å². The van der Waals surface area contributed by atoms with Gasteiger partial charge in [0.15, 0.2) is 0 Å². The number of ether oxygens (including phenoxy) is 2. The van der Waals surface area contributed by atoms with Gasteiger partial charge in [0.25, 0.3) is 0 Å². The highest BCUT2D eigenvalue weighted by Crippen LogP contribution is 2.42. The summed E-state index contributed by atoms with van der Waals surface area (Å²) in [4.78, 5) is 2.17. The topological polar surface area (TPSA) is 47.7 Å². The van der Waals surface area contributed by atoms with Crippen molar-refractivity contribution < 1.29 is 31.4 Å². The lowest BCUT2D eigenvalue weighted by Gasteiger charge is -2.50. The number of benzene rings is 2. The Balaban J connectivity index is 1.88. The van der Waals surface area contributed by atoms with Gasteiger partial charge in [-0.15, -0.1) is 13.2 Å². The van der Waals surface area contributed by atoms with Crippen LogP contribution in [0.3, 0.4) is 0 Å². The summed E-state index contributed by atoms with van der Waals surface area (Å²) in [5.41, 5.74) is 7.75. The molecule has 1 fully saturated rings. The van der Waals surface area contributed by atoms with Gasteiger partial charge in [0.2, 0.25) is 0 Å². The van der Waals surface area contributed by atoms with E-state index in [4.69, 9.17) is 10.5 Å². The Bertz CT molecular complexity index is 928. The highest BCUT2D eigenvalue weighted by atomic mass is 19.4. The van der Waals surface area contributed by atoms with Crippen molar-refractivity contribution >= 4 is 0 Å². The van der Waals surface area contributed by atoms with Gasteiger partial charge in [0.05, 0.1) is 12.8 Å². The molecule has 9 heteroatoms. The van der Waals surface area contributed by atoms with Crippen LogP contribution < -0.4 is 15.2 Å². The molecule has 0 aromatic heterocycles. The lowest BCUT2D eigenvalue weighted by atomic mass is 9.75. The van der Waals surface area contributed by atoms with Crippen molar-refractivity contribution in [3.05, 3.63) is 59.7 Å². The van der Waals surface area contributed by atoms with E-state index in [1.807, 2.05) is 30.3 Å². The first-order chi connectivity index (χ1) is 16.7. The number of nitrogens with zero attached hydrogens (tertiary/aromatic N) is 1. The molecule has 1 aliphatic heterocycles. The van der Waals surface area contributed by atoms with Crippen LogP contribution in [0.4, 0.5) is 22.0 Å². The fourth-order valence-electron chi connectivity index (χ4n) is 4.99. The minimum absolute atomic E-state index is 0.131. The molecule has 3 atom stereocenters. The van der Waals surface area contributed by atoms with E-state index in [0.717, 1.165) is 24.9 Å². The summed E-state index contributed by atoms with van der Waals surface area (Å²) in [6.45, 7) is 0.364. The maximum absolute atomic E-state index is 13.3. The summed E-state index contributed by atoms with van der Waals surface area (Å²) in [7, 11) is 1.47. The molecule has 2 aromatic rings. The second-order valence-electron chi connectivity index (χ2n) is 8.99. The molecule has 3 unspecified atom stereocenters. The molecule has 0 amide bonds.